The quantitative estimate of drug-likeness (QED) is 0.518. The SMILES string of the molecule is COC(=O)c1c(N=Cc2c(C)[nH]n(-c3ccccc3)c2=O)sc2c1CC[C@H](C)C2. The van der Waals surface area contributed by atoms with Gasteiger partial charge in [-0.3, -0.25) is 9.89 Å². The Balaban J connectivity index is 1.75. The monoisotopic (exact) mass is 409 g/mol. The number of hydrogen-bond acceptors (Lipinski definition) is 5. The summed E-state index contributed by atoms with van der Waals surface area (Å²) in [4.78, 5) is 31.1. The van der Waals surface area contributed by atoms with Crippen molar-refractivity contribution in [3.63, 3.8) is 0 Å². The number of aromatic nitrogens is 2. The maximum absolute atomic E-state index is 12.9. The summed E-state index contributed by atoms with van der Waals surface area (Å²) in [5.74, 6) is 0.227. The van der Waals surface area contributed by atoms with Crippen molar-refractivity contribution in [2.75, 3.05) is 7.11 Å². The Morgan fingerprint density at radius 1 is 1.34 bits per heavy atom. The molecule has 2 heterocycles. The molecule has 2 aromatic heterocycles. The van der Waals surface area contributed by atoms with Crippen LogP contribution in [0.3, 0.4) is 0 Å². The Labute approximate surface area is 172 Å². The summed E-state index contributed by atoms with van der Waals surface area (Å²) in [5, 5.41) is 3.71. The predicted molar refractivity (Wildman–Crippen MR) is 115 cm³/mol. The number of ether oxygens (including phenoxy) is 1. The molecule has 0 saturated heterocycles. The van der Waals surface area contributed by atoms with Crippen LogP contribution in [-0.2, 0) is 17.6 Å². The van der Waals surface area contributed by atoms with Crippen LogP contribution >= 0.6 is 11.3 Å². The van der Waals surface area contributed by atoms with Crippen molar-refractivity contribution >= 4 is 28.5 Å². The smallest absolute Gasteiger partial charge is 0.341 e. The van der Waals surface area contributed by atoms with Crippen molar-refractivity contribution in [2.45, 2.75) is 33.1 Å². The van der Waals surface area contributed by atoms with Gasteiger partial charge in [0.05, 0.1) is 23.9 Å². The fourth-order valence-corrected chi connectivity index (χ4v) is 5.08. The molecule has 7 heteroatoms. The number of nitrogens with zero attached hydrogens (tertiary/aromatic N) is 2. The lowest BCUT2D eigenvalue weighted by Crippen LogP contribution is -2.17. The molecule has 0 spiro atoms. The fourth-order valence-electron chi connectivity index (χ4n) is 3.73. The van der Waals surface area contributed by atoms with Gasteiger partial charge in [0.2, 0.25) is 0 Å². The first kappa shape index (κ1) is 19.4. The second-order valence-electron chi connectivity index (χ2n) is 7.41. The summed E-state index contributed by atoms with van der Waals surface area (Å²) in [7, 11) is 1.39. The molecule has 1 N–H and O–H groups in total. The van der Waals surface area contributed by atoms with Crippen molar-refractivity contribution in [1.82, 2.24) is 9.78 Å². The van der Waals surface area contributed by atoms with Gasteiger partial charge in [0, 0.05) is 16.8 Å². The highest BCUT2D eigenvalue weighted by Crippen LogP contribution is 2.41. The summed E-state index contributed by atoms with van der Waals surface area (Å²) in [6.45, 7) is 4.06. The van der Waals surface area contributed by atoms with Crippen LogP contribution in [0.5, 0.6) is 0 Å². The number of aromatic amines is 1. The highest BCUT2D eigenvalue weighted by Gasteiger charge is 2.28. The van der Waals surface area contributed by atoms with Gasteiger partial charge in [-0.15, -0.1) is 11.3 Å². The minimum Gasteiger partial charge on any atom is -0.465 e. The van der Waals surface area contributed by atoms with E-state index in [1.807, 2.05) is 37.3 Å². The van der Waals surface area contributed by atoms with Gasteiger partial charge in [-0.05, 0) is 49.8 Å². The third-order valence-electron chi connectivity index (χ3n) is 5.32. The Morgan fingerprint density at radius 3 is 2.83 bits per heavy atom. The first-order valence-corrected chi connectivity index (χ1v) is 10.4. The van der Waals surface area contributed by atoms with E-state index in [9.17, 15) is 9.59 Å². The van der Waals surface area contributed by atoms with Crippen molar-refractivity contribution in [2.24, 2.45) is 10.9 Å². The lowest BCUT2D eigenvalue weighted by atomic mass is 9.88. The standard InChI is InChI=1S/C22H23N3O3S/c1-13-9-10-16-18(11-13)29-20(19(16)22(27)28-3)23-12-17-14(2)24-25(21(17)26)15-7-5-4-6-8-15/h4-8,12-13,24H,9-11H2,1-3H3/t13-/m0/s1. The van der Waals surface area contributed by atoms with Crippen molar-refractivity contribution in [1.29, 1.82) is 0 Å². The lowest BCUT2D eigenvalue weighted by Gasteiger charge is -2.18. The average Bonchev–Trinajstić information content (AvgIpc) is 3.22. The molecule has 0 radical (unpaired) electrons. The van der Waals surface area contributed by atoms with E-state index >= 15 is 0 Å². The number of para-hydroxylation sites is 1. The second-order valence-corrected chi connectivity index (χ2v) is 8.49. The third-order valence-corrected chi connectivity index (χ3v) is 6.49. The summed E-state index contributed by atoms with van der Waals surface area (Å²) in [5.41, 5.74) is 3.39. The Kier molecular flexibility index (Phi) is 5.24. The largest absolute Gasteiger partial charge is 0.465 e. The minimum absolute atomic E-state index is 0.174. The summed E-state index contributed by atoms with van der Waals surface area (Å²) in [6, 6.07) is 9.39. The van der Waals surface area contributed by atoms with Crippen LogP contribution in [0.25, 0.3) is 5.69 Å². The molecule has 29 heavy (non-hydrogen) atoms. The van der Waals surface area contributed by atoms with Gasteiger partial charge < -0.3 is 4.74 Å². The highest BCUT2D eigenvalue weighted by atomic mass is 32.1. The van der Waals surface area contributed by atoms with E-state index in [1.165, 1.54) is 28.0 Å². The van der Waals surface area contributed by atoms with E-state index < -0.39 is 0 Å². The van der Waals surface area contributed by atoms with Gasteiger partial charge in [0.25, 0.3) is 5.56 Å². The molecule has 1 aliphatic carbocycles. The number of hydrogen-bond donors (Lipinski definition) is 1. The van der Waals surface area contributed by atoms with Crippen molar-refractivity contribution < 1.29 is 9.53 Å². The van der Waals surface area contributed by atoms with Crippen molar-refractivity contribution in [3.05, 3.63) is 67.9 Å². The number of methoxy groups -OCH3 is 1. The summed E-state index contributed by atoms with van der Waals surface area (Å²) < 4.78 is 6.51. The molecule has 150 valence electrons. The summed E-state index contributed by atoms with van der Waals surface area (Å²) in [6.07, 6.45) is 4.41. The van der Waals surface area contributed by atoms with E-state index in [-0.39, 0.29) is 11.5 Å². The van der Waals surface area contributed by atoms with Crippen molar-refractivity contribution in [3.8, 4) is 5.69 Å². The van der Waals surface area contributed by atoms with Gasteiger partial charge in [0.1, 0.15) is 5.00 Å². The number of aliphatic imine (C=N–C) groups is 1. The number of aryl methyl sites for hydroxylation is 1. The second kappa shape index (κ2) is 7.83. The van der Waals surface area contributed by atoms with Crippen LogP contribution in [-0.4, -0.2) is 29.1 Å². The molecular formula is C22H23N3O3S. The molecule has 6 nitrogen and oxygen atoms in total. The van der Waals surface area contributed by atoms with Crippen LogP contribution in [0.1, 0.15) is 45.4 Å². The Hall–Kier alpha value is -2.93. The van der Waals surface area contributed by atoms with Crippen LogP contribution in [0.2, 0.25) is 0 Å². The molecule has 0 fully saturated rings. The number of thiophene rings is 1. The van der Waals surface area contributed by atoms with Gasteiger partial charge in [-0.25, -0.2) is 14.5 Å². The fraction of sp³-hybridized carbons (Fsp3) is 0.318. The van der Waals surface area contributed by atoms with E-state index in [4.69, 9.17) is 4.74 Å². The molecule has 1 atom stereocenters. The number of nitrogens with one attached hydrogen (secondary N) is 1. The molecular weight excluding hydrogens is 386 g/mol. The molecule has 3 aromatic rings. The topological polar surface area (TPSA) is 76.4 Å². The Bertz CT molecular complexity index is 1140. The molecule has 0 saturated carbocycles. The number of carbonyl (C=O) groups excluding carboxylic acids is 1. The molecule has 1 aliphatic rings. The summed E-state index contributed by atoms with van der Waals surface area (Å²) >= 11 is 1.53. The number of rotatable bonds is 4. The third kappa shape index (κ3) is 3.58. The van der Waals surface area contributed by atoms with Gasteiger partial charge in [-0.1, -0.05) is 25.1 Å². The van der Waals surface area contributed by atoms with Crippen LogP contribution in [0.15, 0.2) is 40.1 Å². The first-order valence-electron chi connectivity index (χ1n) is 9.63. The molecule has 0 amide bonds. The number of fused-ring (bicyclic) bond motifs is 1. The minimum atomic E-state index is -0.364. The maximum Gasteiger partial charge on any atom is 0.341 e. The van der Waals surface area contributed by atoms with E-state index in [0.29, 0.717) is 22.0 Å². The molecule has 0 bridgehead atoms. The zero-order valence-corrected chi connectivity index (χ0v) is 17.5. The zero-order chi connectivity index (χ0) is 20.5. The first-order chi connectivity index (χ1) is 14.0. The van der Waals surface area contributed by atoms with E-state index in [2.05, 4.69) is 17.0 Å². The van der Waals surface area contributed by atoms with Gasteiger partial charge >= 0.3 is 5.97 Å². The number of esters is 1. The van der Waals surface area contributed by atoms with E-state index in [0.717, 1.165) is 36.2 Å². The maximum atomic E-state index is 12.9. The van der Waals surface area contributed by atoms with Gasteiger partial charge in [0.15, 0.2) is 0 Å². The van der Waals surface area contributed by atoms with Gasteiger partial charge in [-0.2, -0.15) is 0 Å². The van der Waals surface area contributed by atoms with Crippen LogP contribution in [0, 0.1) is 12.8 Å². The predicted octanol–water partition coefficient (Wildman–Crippen LogP) is 4.20. The average molecular weight is 410 g/mol. The number of H-pyrrole nitrogens is 1. The molecule has 1 aromatic carbocycles. The molecule has 0 unspecified atom stereocenters. The van der Waals surface area contributed by atoms with Crippen LogP contribution < -0.4 is 5.56 Å². The Morgan fingerprint density at radius 2 is 2.10 bits per heavy atom. The lowest BCUT2D eigenvalue weighted by molar-refractivity contribution is 0.0600. The number of carbonyl (C=O) groups is 1. The molecule has 4 rings (SSSR count). The van der Waals surface area contributed by atoms with E-state index in [1.54, 1.807) is 6.21 Å². The molecule has 0 aliphatic heterocycles. The zero-order valence-electron chi connectivity index (χ0n) is 16.7. The van der Waals surface area contributed by atoms with Crippen LogP contribution in [0.4, 0.5) is 5.00 Å². The normalized spacial score (nSPS) is 16.2. The number of benzene rings is 1. The highest BCUT2D eigenvalue weighted by molar-refractivity contribution is 7.16.